The van der Waals surface area contributed by atoms with E-state index in [2.05, 4.69) is 15.0 Å². The molecule has 0 fully saturated rings. The summed E-state index contributed by atoms with van der Waals surface area (Å²) >= 11 is 0. The van der Waals surface area contributed by atoms with E-state index in [1.807, 2.05) is 43.5 Å². The Morgan fingerprint density at radius 2 is 1.87 bits per heavy atom. The number of rotatable bonds is 13. The van der Waals surface area contributed by atoms with Gasteiger partial charge in [-0.15, -0.1) is 0 Å². The minimum Gasteiger partial charge on any atom is -0.464 e. The molecule has 39 heavy (non-hydrogen) atoms. The van der Waals surface area contributed by atoms with Crippen molar-refractivity contribution in [1.82, 2.24) is 15.0 Å². The third-order valence-corrected chi connectivity index (χ3v) is 6.41. The summed E-state index contributed by atoms with van der Waals surface area (Å²) in [5, 5.41) is 7.80. The maximum atomic E-state index is 13.2. The minimum atomic E-state index is -0.864. The monoisotopic (exact) mass is 535 g/mol. The highest BCUT2D eigenvalue weighted by Gasteiger charge is 2.25. The van der Waals surface area contributed by atoms with Gasteiger partial charge in [0.25, 0.3) is 0 Å². The lowest BCUT2D eigenvalue weighted by Crippen LogP contribution is -2.43. The van der Waals surface area contributed by atoms with Gasteiger partial charge in [-0.25, -0.2) is 14.0 Å². The molecule has 1 N–H and O–H groups in total. The summed E-state index contributed by atoms with van der Waals surface area (Å²) < 4.78 is 31.3. The fraction of sp³-hybridized carbons (Fsp3) is 0.367. The van der Waals surface area contributed by atoms with Crippen LogP contribution in [0.4, 0.5) is 9.18 Å². The molecule has 0 aliphatic heterocycles. The molecule has 1 amide bonds. The number of para-hydroxylation sites is 1. The number of alkyl carbamates (subject to hydrolysis) is 1. The molecule has 4 rings (SSSR count). The van der Waals surface area contributed by atoms with Gasteiger partial charge in [0.05, 0.1) is 13.2 Å². The third kappa shape index (κ3) is 7.46. The highest BCUT2D eigenvalue weighted by molar-refractivity contribution is 5.86. The lowest BCUT2D eigenvalue weighted by molar-refractivity contribution is -0.145. The number of amides is 1. The first-order valence-electron chi connectivity index (χ1n) is 13.4. The van der Waals surface area contributed by atoms with Gasteiger partial charge in [0.15, 0.2) is 0 Å². The Labute approximate surface area is 227 Å². The number of aromatic nitrogens is 2. The normalized spacial score (nSPS) is 11.9. The minimum absolute atomic E-state index is 0.216. The highest BCUT2D eigenvalue weighted by atomic mass is 19.1. The van der Waals surface area contributed by atoms with Crippen LogP contribution in [0.5, 0.6) is 0 Å². The van der Waals surface area contributed by atoms with Crippen LogP contribution in [-0.2, 0) is 33.7 Å². The number of nitrogens with one attached hydrogen (secondary N) is 1. The fourth-order valence-electron chi connectivity index (χ4n) is 4.43. The summed E-state index contributed by atoms with van der Waals surface area (Å²) in [5.41, 5.74) is 3.43. The average molecular weight is 536 g/mol. The standard InChI is InChI=1S/C30H34FN3O5/c1-3-5-17-38-30(36)32-27(29(35)37-4-2)18-22-20-34(28-11-7-6-10-25(22)28)16-8-9-24-19-26(33-39-24)21-12-14-23(31)15-13-21/h6-7,10-15,19-20,27H,3-5,8-9,16-18H2,1-2H3,(H,32,36). The molecule has 0 aliphatic carbocycles. The summed E-state index contributed by atoms with van der Waals surface area (Å²) in [7, 11) is 0. The Kier molecular flexibility index (Phi) is 9.72. The van der Waals surface area contributed by atoms with Gasteiger partial charge in [0.1, 0.15) is 23.3 Å². The molecule has 2 aromatic heterocycles. The Bertz CT molecular complexity index is 1380. The predicted octanol–water partition coefficient (Wildman–Crippen LogP) is 6.07. The van der Waals surface area contributed by atoms with Crippen LogP contribution in [0, 0.1) is 5.82 Å². The van der Waals surface area contributed by atoms with Gasteiger partial charge in [-0.2, -0.15) is 0 Å². The van der Waals surface area contributed by atoms with Gasteiger partial charge in [0, 0.05) is 48.1 Å². The number of hydrogen-bond donors (Lipinski definition) is 1. The molecule has 2 heterocycles. The Hall–Kier alpha value is -4.14. The number of esters is 1. The van der Waals surface area contributed by atoms with Crippen molar-refractivity contribution in [1.29, 1.82) is 0 Å². The molecule has 0 saturated heterocycles. The third-order valence-electron chi connectivity index (χ3n) is 6.41. The zero-order chi connectivity index (χ0) is 27.6. The molecule has 0 aliphatic rings. The van der Waals surface area contributed by atoms with Crippen LogP contribution in [0.15, 0.2) is 65.3 Å². The fourth-order valence-corrected chi connectivity index (χ4v) is 4.43. The summed E-state index contributed by atoms with van der Waals surface area (Å²) in [6.07, 6.45) is 4.79. The van der Waals surface area contributed by atoms with Crippen LogP contribution in [0.25, 0.3) is 22.2 Å². The molecule has 0 saturated carbocycles. The van der Waals surface area contributed by atoms with E-state index in [0.29, 0.717) is 25.3 Å². The van der Waals surface area contributed by atoms with Crippen LogP contribution < -0.4 is 5.32 Å². The van der Waals surface area contributed by atoms with Crippen molar-refractivity contribution in [2.45, 2.75) is 58.5 Å². The van der Waals surface area contributed by atoms with Crippen molar-refractivity contribution < 1.29 is 28.0 Å². The summed E-state index contributed by atoms with van der Waals surface area (Å²) in [6.45, 7) is 4.97. The molecule has 2 aromatic carbocycles. The highest BCUT2D eigenvalue weighted by Crippen LogP contribution is 2.24. The number of hydrogen-bond acceptors (Lipinski definition) is 6. The lowest BCUT2D eigenvalue weighted by Gasteiger charge is -2.17. The molecule has 0 bridgehead atoms. The van der Waals surface area contributed by atoms with Crippen molar-refractivity contribution in [2.24, 2.45) is 0 Å². The Morgan fingerprint density at radius 3 is 2.64 bits per heavy atom. The lowest BCUT2D eigenvalue weighted by atomic mass is 10.1. The van der Waals surface area contributed by atoms with Gasteiger partial charge in [-0.3, -0.25) is 0 Å². The first kappa shape index (κ1) is 27.9. The summed E-state index contributed by atoms with van der Waals surface area (Å²) in [6, 6.07) is 15.1. The van der Waals surface area contributed by atoms with E-state index in [0.717, 1.165) is 47.1 Å². The Balaban J connectivity index is 1.44. The second kappa shape index (κ2) is 13.6. The number of fused-ring (bicyclic) bond motifs is 1. The van der Waals surface area contributed by atoms with Gasteiger partial charge < -0.3 is 23.9 Å². The molecular formula is C30H34FN3O5. The predicted molar refractivity (Wildman–Crippen MR) is 146 cm³/mol. The van der Waals surface area contributed by atoms with E-state index in [-0.39, 0.29) is 18.8 Å². The first-order chi connectivity index (χ1) is 19.0. The average Bonchev–Trinajstić information content (AvgIpc) is 3.54. The van der Waals surface area contributed by atoms with Crippen LogP contribution in [-0.4, -0.2) is 41.0 Å². The molecule has 0 radical (unpaired) electrons. The maximum absolute atomic E-state index is 13.2. The van der Waals surface area contributed by atoms with Crippen molar-refractivity contribution in [2.75, 3.05) is 13.2 Å². The van der Waals surface area contributed by atoms with Crippen LogP contribution in [0.2, 0.25) is 0 Å². The number of halogens is 1. The smallest absolute Gasteiger partial charge is 0.407 e. The van der Waals surface area contributed by atoms with E-state index in [1.54, 1.807) is 19.1 Å². The topological polar surface area (TPSA) is 95.6 Å². The molecular weight excluding hydrogens is 501 g/mol. The van der Waals surface area contributed by atoms with Crippen molar-refractivity contribution in [3.63, 3.8) is 0 Å². The van der Waals surface area contributed by atoms with E-state index < -0.39 is 18.1 Å². The second-order valence-corrected chi connectivity index (χ2v) is 9.30. The maximum Gasteiger partial charge on any atom is 0.407 e. The van der Waals surface area contributed by atoms with Crippen molar-refractivity contribution in [3.8, 4) is 11.3 Å². The number of benzene rings is 2. The summed E-state index contributed by atoms with van der Waals surface area (Å²) in [4.78, 5) is 25.0. The number of unbranched alkanes of at least 4 members (excludes halogenated alkanes) is 1. The Morgan fingerprint density at radius 1 is 1.08 bits per heavy atom. The van der Waals surface area contributed by atoms with Gasteiger partial charge in [0.2, 0.25) is 0 Å². The van der Waals surface area contributed by atoms with Crippen molar-refractivity contribution in [3.05, 3.63) is 77.9 Å². The van der Waals surface area contributed by atoms with Gasteiger partial charge in [-0.05, 0) is 55.7 Å². The van der Waals surface area contributed by atoms with Gasteiger partial charge >= 0.3 is 12.1 Å². The molecule has 9 heteroatoms. The molecule has 1 atom stereocenters. The van der Waals surface area contributed by atoms with E-state index in [9.17, 15) is 14.0 Å². The van der Waals surface area contributed by atoms with Crippen LogP contribution in [0.3, 0.4) is 0 Å². The van der Waals surface area contributed by atoms with Crippen LogP contribution in [0.1, 0.15) is 44.4 Å². The summed E-state index contributed by atoms with van der Waals surface area (Å²) in [5.74, 6) is -0.0414. The van der Waals surface area contributed by atoms with E-state index in [1.165, 1.54) is 12.1 Å². The zero-order valence-corrected chi connectivity index (χ0v) is 22.3. The first-order valence-corrected chi connectivity index (χ1v) is 13.4. The second-order valence-electron chi connectivity index (χ2n) is 9.30. The SMILES string of the molecule is CCCCOC(=O)NC(Cc1cn(CCCc2cc(-c3ccc(F)cc3)no2)c2ccccc12)C(=O)OCC. The molecule has 0 spiro atoms. The van der Waals surface area contributed by atoms with E-state index >= 15 is 0 Å². The number of ether oxygens (including phenoxy) is 2. The zero-order valence-electron chi connectivity index (χ0n) is 22.3. The number of aryl methyl sites for hydroxylation is 2. The number of nitrogens with zero attached hydrogens (tertiary/aromatic N) is 2. The number of carbonyl (C=O) groups excluding carboxylic acids is 2. The molecule has 1 unspecified atom stereocenters. The van der Waals surface area contributed by atoms with Crippen LogP contribution >= 0.6 is 0 Å². The van der Waals surface area contributed by atoms with Crippen molar-refractivity contribution >= 4 is 23.0 Å². The molecule has 8 nitrogen and oxygen atoms in total. The number of carbonyl (C=O) groups is 2. The van der Waals surface area contributed by atoms with E-state index in [4.69, 9.17) is 14.0 Å². The molecule has 206 valence electrons. The quantitative estimate of drug-likeness (QED) is 0.165. The molecule has 4 aromatic rings. The largest absolute Gasteiger partial charge is 0.464 e. The van der Waals surface area contributed by atoms with Gasteiger partial charge in [-0.1, -0.05) is 36.7 Å².